The number of β-lactam (4-membered cyclic amide) rings is 1. The van der Waals surface area contributed by atoms with Gasteiger partial charge in [-0.1, -0.05) is 5.16 Å². The average molecular weight is 509 g/mol. The van der Waals surface area contributed by atoms with E-state index in [0.717, 1.165) is 11.5 Å². The molecule has 2 aliphatic rings. The highest BCUT2D eigenvalue weighted by molar-refractivity contribution is 8.00. The molecule has 0 saturated carbocycles. The molecule has 4 N–H and O–H groups in total. The number of nitrogen functional groups attached to an aromatic ring is 1. The van der Waals surface area contributed by atoms with Gasteiger partial charge in [-0.05, 0) is 6.08 Å². The molecule has 0 aliphatic carbocycles. The van der Waals surface area contributed by atoms with Gasteiger partial charge < -0.3 is 21.0 Å². The summed E-state index contributed by atoms with van der Waals surface area (Å²) in [6.07, 6.45) is 4.40. The predicted molar refractivity (Wildman–Crippen MR) is 122 cm³/mol. The minimum atomic E-state index is -1.12. The van der Waals surface area contributed by atoms with E-state index in [1.54, 1.807) is 0 Å². The number of nitrogens with two attached hydrogens (primary N) is 1. The lowest BCUT2D eigenvalue weighted by Gasteiger charge is -2.48. The molecule has 0 bridgehead atoms. The average Bonchev–Trinajstić information content (AvgIpc) is 3.23. The first kappa shape index (κ1) is 22.9. The van der Waals surface area contributed by atoms with Crippen molar-refractivity contribution in [1.29, 1.82) is 0 Å². The molecule has 2 aromatic heterocycles. The SMILES string of the molecule is CO/N=C(/C(=O)Nc1nccnc1SCC1C(=O)N2C(C(=O)O)=CCSC12)c1nsc(N)n1. The second-order valence-electron chi connectivity index (χ2n) is 6.49. The molecule has 2 atom stereocenters. The number of aliphatic carboxylic acids is 1. The maximum Gasteiger partial charge on any atom is 0.352 e. The highest BCUT2D eigenvalue weighted by atomic mass is 32.2. The zero-order valence-corrected chi connectivity index (χ0v) is 19.3. The fourth-order valence-electron chi connectivity index (χ4n) is 3.10. The number of aromatic nitrogens is 4. The maximum atomic E-state index is 12.8. The number of rotatable bonds is 8. The van der Waals surface area contributed by atoms with E-state index >= 15 is 0 Å². The third-order valence-corrected chi connectivity index (χ3v) is 7.40. The van der Waals surface area contributed by atoms with E-state index in [-0.39, 0.29) is 45.4 Å². The van der Waals surface area contributed by atoms with E-state index < -0.39 is 11.9 Å². The quantitative estimate of drug-likeness (QED) is 0.194. The van der Waals surface area contributed by atoms with Crippen molar-refractivity contribution in [2.45, 2.75) is 10.4 Å². The number of carbonyl (C=O) groups is 3. The van der Waals surface area contributed by atoms with Crippen LogP contribution in [0.25, 0.3) is 0 Å². The maximum absolute atomic E-state index is 12.8. The van der Waals surface area contributed by atoms with Crippen molar-refractivity contribution in [3.8, 4) is 0 Å². The lowest BCUT2D eigenvalue weighted by atomic mass is 9.99. The summed E-state index contributed by atoms with van der Waals surface area (Å²) in [4.78, 5) is 55.1. The van der Waals surface area contributed by atoms with Crippen molar-refractivity contribution in [1.82, 2.24) is 24.2 Å². The Bertz CT molecular complexity index is 1170. The molecular weight excluding hydrogens is 492 g/mol. The number of carboxylic acids is 1. The first-order valence-electron chi connectivity index (χ1n) is 9.24. The molecule has 1 saturated heterocycles. The molecule has 2 aliphatic heterocycles. The third-order valence-electron chi connectivity index (χ3n) is 4.52. The normalized spacial score (nSPS) is 19.9. The van der Waals surface area contributed by atoms with E-state index in [1.807, 2.05) is 0 Å². The minimum Gasteiger partial charge on any atom is -0.477 e. The van der Waals surface area contributed by atoms with Gasteiger partial charge in [-0.15, -0.1) is 23.5 Å². The summed E-state index contributed by atoms with van der Waals surface area (Å²) in [6.45, 7) is 0. The number of fused-ring (bicyclic) bond motifs is 1. The smallest absolute Gasteiger partial charge is 0.352 e. The molecule has 33 heavy (non-hydrogen) atoms. The number of anilines is 2. The molecule has 0 radical (unpaired) electrons. The van der Waals surface area contributed by atoms with Gasteiger partial charge in [0.05, 0.1) is 11.3 Å². The highest BCUT2D eigenvalue weighted by Gasteiger charge is 2.51. The number of amides is 2. The third kappa shape index (κ3) is 4.62. The summed E-state index contributed by atoms with van der Waals surface area (Å²) in [5, 5.41) is 15.9. The van der Waals surface area contributed by atoms with Crippen molar-refractivity contribution < 1.29 is 24.3 Å². The number of nitrogens with one attached hydrogen (secondary N) is 1. The van der Waals surface area contributed by atoms with Crippen molar-refractivity contribution in [2.24, 2.45) is 11.1 Å². The molecule has 4 heterocycles. The lowest BCUT2D eigenvalue weighted by Crippen LogP contribution is -2.61. The zero-order chi connectivity index (χ0) is 23.5. The molecule has 4 rings (SSSR count). The van der Waals surface area contributed by atoms with Crippen molar-refractivity contribution in [3.63, 3.8) is 0 Å². The molecule has 1 fully saturated rings. The van der Waals surface area contributed by atoms with Gasteiger partial charge in [0.1, 0.15) is 17.8 Å². The van der Waals surface area contributed by atoms with Crippen LogP contribution in [0.5, 0.6) is 0 Å². The predicted octanol–water partition coefficient (Wildman–Crippen LogP) is 0.491. The Balaban J connectivity index is 1.45. The van der Waals surface area contributed by atoms with Crippen molar-refractivity contribution in [3.05, 3.63) is 30.0 Å². The number of nitrogens with zero attached hydrogens (tertiary/aromatic N) is 6. The van der Waals surface area contributed by atoms with Crippen LogP contribution < -0.4 is 11.1 Å². The lowest BCUT2D eigenvalue weighted by molar-refractivity contribution is -0.151. The number of hydrogen-bond acceptors (Lipinski definition) is 13. The molecular formula is C17H16N8O5S3. The minimum absolute atomic E-state index is 0.00621. The highest BCUT2D eigenvalue weighted by Crippen LogP contribution is 2.43. The van der Waals surface area contributed by atoms with Crippen LogP contribution in [-0.4, -0.2) is 76.8 Å². The Labute approximate surface area is 199 Å². The van der Waals surface area contributed by atoms with E-state index in [2.05, 4.69) is 29.8 Å². The van der Waals surface area contributed by atoms with Gasteiger partial charge in [0.2, 0.25) is 17.4 Å². The van der Waals surface area contributed by atoms with Crippen LogP contribution in [0.3, 0.4) is 0 Å². The first-order valence-corrected chi connectivity index (χ1v) is 12.1. The van der Waals surface area contributed by atoms with Crippen LogP contribution in [0.2, 0.25) is 0 Å². The van der Waals surface area contributed by atoms with Crippen LogP contribution in [0.15, 0.2) is 34.3 Å². The topological polar surface area (TPSA) is 186 Å². The fraction of sp³-hybridized carbons (Fsp3) is 0.294. The van der Waals surface area contributed by atoms with Crippen LogP contribution in [0, 0.1) is 5.92 Å². The van der Waals surface area contributed by atoms with Crippen LogP contribution in [0.4, 0.5) is 10.9 Å². The molecule has 16 heteroatoms. The van der Waals surface area contributed by atoms with Gasteiger partial charge in [0.15, 0.2) is 10.9 Å². The number of carbonyl (C=O) groups excluding carboxylic acids is 2. The molecule has 2 unspecified atom stereocenters. The summed E-state index contributed by atoms with van der Waals surface area (Å²) in [5.41, 5.74) is 5.40. The van der Waals surface area contributed by atoms with Gasteiger partial charge in [-0.25, -0.2) is 14.8 Å². The summed E-state index contributed by atoms with van der Waals surface area (Å²) in [6, 6.07) is 0. The summed E-state index contributed by atoms with van der Waals surface area (Å²) in [7, 11) is 1.28. The summed E-state index contributed by atoms with van der Waals surface area (Å²) >= 11 is 3.64. The molecule has 0 spiro atoms. The Hall–Kier alpha value is -3.24. The van der Waals surface area contributed by atoms with E-state index in [9.17, 15) is 19.5 Å². The molecule has 13 nitrogen and oxygen atoms in total. The monoisotopic (exact) mass is 508 g/mol. The van der Waals surface area contributed by atoms with Gasteiger partial charge in [-0.3, -0.25) is 14.5 Å². The number of thioether (sulfide) groups is 2. The van der Waals surface area contributed by atoms with Crippen molar-refractivity contribution in [2.75, 3.05) is 29.7 Å². The zero-order valence-electron chi connectivity index (χ0n) is 16.9. The Morgan fingerprint density at radius 1 is 1.42 bits per heavy atom. The van der Waals surface area contributed by atoms with Gasteiger partial charge in [0, 0.05) is 35.4 Å². The van der Waals surface area contributed by atoms with E-state index in [4.69, 9.17) is 10.6 Å². The number of hydrogen-bond donors (Lipinski definition) is 3. The number of oxime groups is 1. The Morgan fingerprint density at radius 3 is 2.91 bits per heavy atom. The first-order chi connectivity index (χ1) is 15.9. The van der Waals surface area contributed by atoms with Gasteiger partial charge in [-0.2, -0.15) is 9.36 Å². The molecule has 2 amide bonds. The van der Waals surface area contributed by atoms with Gasteiger partial charge >= 0.3 is 5.97 Å². The molecule has 172 valence electrons. The second kappa shape index (κ2) is 9.72. The van der Waals surface area contributed by atoms with Crippen LogP contribution >= 0.6 is 35.1 Å². The Morgan fingerprint density at radius 2 is 2.21 bits per heavy atom. The summed E-state index contributed by atoms with van der Waals surface area (Å²) in [5.74, 6) is -1.43. The summed E-state index contributed by atoms with van der Waals surface area (Å²) < 4.78 is 3.97. The standard InChI is InChI=1S/C17H16N8O5S3/c1-30-23-9(10-22-17(18)33-24-10)12(26)21-11-13(20-4-3-19-11)32-6-7-14(27)25-8(16(28)29)2-5-31-15(7)25/h2-4,7,15H,5-6H2,1H3,(H,28,29)(H2,18,22,24)(H,19,21,26)/b23-9+. The fourth-order valence-corrected chi connectivity index (χ4v) is 5.95. The second-order valence-corrected chi connectivity index (χ2v) is 9.43. The van der Waals surface area contributed by atoms with E-state index in [1.165, 1.54) is 54.0 Å². The molecule has 2 aromatic rings. The van der Waals surface area contributed by atoms with Gasteiger partial charge in [0.25, 0.3) is 5.91 Å². The van der Waals surface area contributed by atoms with Crippen LogP contribution in [-0.2, 0) is 19.2 Å². The number of carboxylic acid groups (broad SMARTS) is 1. The molecule has 0 aromatic carbocycles. The largest absolute Gasteiger partial charge is 0.477 e. The van der Waals surface area contributed by atoms with Crippen LogP contribution in [0.1, 0.15) is 5.82 Å². The van der Waals surface area contributed by atoms with Crippen molar-refractivity contribution >= 4 is 69.5 Å². The Kier molecular flexibility index (Phi) is 6.75. The van der Waals surface area contributed by atoms with E-state index in [0.29, 0.717) is 16.5 Å².